The van der Waals surface area contributed by atoms with Crippen molar-refractivity contribution in [3.63, 3.8) is 0 Å². The number of rotatable bonds is 6. The summed E-state index contributed by atoms with van der Waals surface area (Å²) in [5, 5.41) is 0. The Labute approximate surface area is 106 Å². The van der Waals surface area contributed by atoms with Gasteiger partial charge in [0.25, 0.3) is 0 Å². The van der Waals surface area contributed by atoms with Crippen LogP contribution in [0.1, 0.15) is 30.4 Å². The second-order valence-electron chi connectivity index (χ2n) is 4.19. The number of hydrogen-bond donors (Lipinski definition) is 0. The molecule has 0 bridgehead atoms. The highest BCUT2D eigenvalue weighted by Gasteiger charge is 2.08. The summed E-state index contributed by atoms with van der Waals surface area (Å²) in [6.07, 6.45) is 1.11. The van der Waals surface area contributed by atoms with E-state index in [1.165, 1.54) is 19.2 Å². The summed E-state index contributed by atoms with van der Waals surface area (Å²) in [4.78, 5) is 22.4. The summed E-state index contributed by atoms with van der Waals surface area (Å²) in [5.41, 5.74) is 1.80. The summed E-state index contributed by atoms with van der Waals surface area (Å²) in [7, 11) is 1.29. The van der Waals surface area contributed by atoms with Gasteiger partial charge in [0, 0.05) is 12.8 Å². The third kappa shape index (κ3) is 4.65. The third-order valence-corrected chi connectivity index (χ3v) is 2.82. The van der Waals surface area contributed by atoms with Gasteiger partial charge in [-0.1, -0.05) is 6.07 Å². The fraction of sp³-hybridized carbons (Fsp3) is 0.429. The molecule has 0 saturated heterocycles. The molecule has 0 aliphatic carbocycles. The highest BCUT2D eigenvalue weighted by atomic mass is 19.1. The number of benzene rings is 1. The van der Waals surface area contributed by atoms with Crippen LogP contribution in [-0.2, 0) is 20.7 Å². The van der Waals surface area contributed by atoms with Gasteiger partial charge in [0.1, 0.15) is 11.6 Å². The van der Waals surface area contributed by atoms with Gasteiger partial charge < -0.3 is 4.74 Å². The van der Waals surface area contributed by atoms with Gasteiger partial charge >= 0.3 is 5.97 Å². The van der Waals surface area contributed by atoms with Gasteiger partial charge in [-0.25, -0.2) is 4.39 Å². The van der Waals surface area contributed by atoms with Crippen LogP contribution in [0, 0.1) is 12.7 Å². The lowest BCUT2D eigenvalue weighted by atomic mass is 10.0. The van der Waals surface area contributed by atoms with E-state index in [1.54, 1.807) is 6.07 Å². The third-order valence-electron chi connectivity index (χ3n) is 2.82. The average molecular weight is 252 g/mol. The molecule has 3 nitrogen and oxygen atoms in total. The molecule has 0 heterocycles. The molecule has 0 fully saturated rings. The monoisotopic (exact) mass is 252 g/mol. The van der Waals surface area contributed by atoms with Gasteiger partial charge in [0.05, 0.1) is 13.5 Å². The van der Waals surface area contributed by atoms with Crippen molar-refractivity contribution in [3.8, 4) is 0 Å². The molecule has 1 rings (SSSR count). The molecule has 0 aliphatic rings. The number of carbonyl (C=O) groups is 2. The van der Waals surface area contributed by atoms with Gasteiger partial charge in [0.15, 0.2) is 0 Å². The maximum Gasteiger partial charge on any atom is 0.305 e. The normalized spacial score (nSPS) is 10.2. The fourth-order valence-electron chi connectivity index (χ4n) is 1.65. The number of methoxy groups -OCH3 is 1. The zero-order chi connectivity index (χ0) is 13.5. The first-order valence-electron chi connectivity index (χ1n) is 5.86. The summed E-state index contributed by atoms with van der Waals surface area (Å²) in [6.45, 7) is 1.88. The maximum atomic E-state index is 13.0. The Morgan fingerprint density at radius 2 is 1.94 bits per heavy atom. The second kappa shape index (κ2) is 6.89. The molecule has 0 saturated carbocycles. The van der Waals surface area contributed by atoms with E-state index in [9.17, 15) is 14.0 Å². The smallest absolute Gasteiger partial charge is 0.305 e. The van der Waals surface area contributed by atoms with E-state index in [4.69, 9.17) is 0 Å². The first-order valence-corrected chi connectivity index (χ1v) is 5.86. The Kier molecular flexibility index (Phi) is 5.49. The molecule has 1 aromatic carbocycles. The predicted octanol–water partition coefficient (Wildman–Crippen LogP) is 2.59. The van der Waals surface area contributed by atoms with Crippen molar-refractivity contribution < 1.29 is 18.7 Å². The standard InChI is InChI=1S/C14H17FO3/c1-10-3-5-12(15)9-11(10)4-6-13(16)7-8-14(17)18-2/h3,5,9H,4,6-8H2,1-2H3. The van der Waals surface area contributed by atoms with Crippen molar-refractivity contribution in [1.29, 1.82) is 0 Å². The first-order chi connectivity index (χ1) is 8.52. The fourth-order valence-corrected chi connectivity index (χ4v) is 1.65. The molecule has 1 aromatic rings. The number of carbonyl (C=O) groups excluding carboxylic acids is 2. The van der Waals surface area contributed by atoms with Crippen LogP contribution in [-0.4, -0.2) is 18.9 Å². The Morgan fingerprint density at radius 1 is 1.22 bits per heavy atom. The molecule has 98 valence electrons. The summed E-state index contributed by atoms with van der Waals surface area (Å²) in [5.74, 6) is -0.688. The van der Waals surface area contributed by atoms with Crippen LogP contribution in [0.3, 0.4) is 0 Å². The second-order valence-corrected chi connectivity index (χ2v) is 4.19. The number of esters is 1. The highest BCUT2D eigenvalue weighted by molar-refractivity contribution is 5.83. The molecule has 0 spiro atoms. The number of hydrogen-bond acceptors (Lipinski definition) is 3. The minimum Gasteiger partial charge on any atom is -0.469 e. The minimum absolute atomic E-state index is 0.0101. The van der Waals surface area contributed by atoms with Gasteiger partial charge in [-0.3, -0.25) is 9.59 Å². The lowest BCUT2D eigenvalue weighted by Gasteiger charge is -2.05. The number of aryl methyl sites for hydroxylation is 2. The quantitative estimate of drug-likeness (QED) is 0.731. The van der Waals surface area contributed by atoms with Gasteiger partial charge in [-0.05, 0) is 36.6 Å². The maximum absolute atomic E-state index is 13.0. The van der Waals surface area contributed by atoms with Crippen molar-refractivity contribution in [2.45, 2.75) is 32.6 Å². The SMILES string of the molecule is COC(=O)CCC(=O)CCc1cc(F)ccc1C. The van der Waals surface area contributed by atoms with Crippen molar-refractivity contribution in [3.05, 3.63) is 35.1 Å². The van der Waals surface area contributed by atoms with Crippen LogP contribution in [0.2, 0.25) is 0 Å². The number of halogens is 1. The summed E-state index contributed by atoms with van der Waals surface area (Å²) in [6, 6.07) is 4.55. The van der Waals surface area contributed by atoms with Crippen LogP contribution >= 0.6 is 0 Å². The Balaban J connectivity index is 2.42. The van der Waals surface area contributed by atoms with Crippen LogP contribution in [0.5, 0.6) is 0 Å². The molecule has 4 heteroatoms. The van der Waals surface area contributed by atoms with Crippen LogP contribution in [0.25, 0.3) is 0 Å². The van der Waals surface area contributed by atoms with Crippen molar-refractivity contribution in [1.82, 2.24) is 0 Å². The molecular weight excluding hydrogens is 235 g/mol. The molecule has 18 heavy (non-hydrogen) atoms. The van der Waals surface area contributed by atoms with E-state index in [0.29, 0.717) is 12.8 Å². The summed E-state index contributed by atoms with van der Waals surface area (Å²) >= 11 is 0. The Bertz CT molecular complexity index is 441. The van der Waals surface area contributed by atoms with Crippen molar-refractivity contribution in [2.75, 3.05) is 7.11 Å². The molecule has 0 N–H and O–H groups in total. The van der Waals surface area contributed by atoms with E-state index >= 15 is 0 Å². The largest absolute Gasteiger partial charge is 0.469 e. The number of ketones is 1. The molecule has 0 atom stereocenters. The van der Waals surface area contributed by atoms with Gasteiger partial charge in [-0.2, -0.15) is 0 Å². The number of ether oxygens (including phenoxy) is 1. The van der Waals surface area contributed by atoms with E-state index in [2.05, 4.69) is 4.74 Å². The van der Waals surface area contributed by atoms with Crippen LogP contribution in [0.15, 0.2) is 18.2 Å². The Morgan fingerprint density at radius 3 is 2.61 bits per heavy atom. The van der Waals surface area contributed by atoms with E-state index in [1.807, 2.05) is 6.92 Å². The zero-order valence-corrected chi connectivity index (χ0v) is 10.7. The van der Waals surface area contributed by atoms with Gasteiger partial charge in [-0.15, -0.1) is 0 Å². The molecule has 0 radical (unpaired) electrons. The van der Waals surface area contributed by atoms with Crippen molar-refractivity contribution >= 4 is 11.8 Å². The number of Topliss-reactive ketones (excluding diaryl/α,β-unsaturated/α-hetero) is 1. The van der Waals surface area contributed by atoms with Crippen LogP contribution in [0.4, 0.5) is 4.39 Å². The average Bonchev–Trinajstić information content (AvgIpc) is 2.36. The molecule has 0 unspecified atom stereocenters. The highest BCUT2D eigenvalue weighted by Crippen LogP contribution is 2.13. The molecule has 0 aromatic heterocycles. The Hall–Kier alpha value is -1.71. The first kappa shape index (κ1) is 14.4. The topological polar surface area (TPSA) is 43.4 Å². The predicted molar refractivity (Wildman–Crippen MR) is 65.7 cm³/mol. The van der Waals surface area contributed by atoms with Gasteiger partial charge in [0.2, 0.25) is 0 Å². The molecular formula is C14H17FO3. The lowest BCUT2D eigenvalue weighted by Crippen LogP contribution is -2.06. The molecule has 0 amide bonds. The van der Waals surface area contributed by atoms with Crippen molar-refractivity contribution in [2.24, 2.45) is 0 Å². The lowest BCUT2D eigenvalue weighted by molar-refractivity contribution is -0.141. The summed E-state index contributed by atoms with van der Waals surface area (Å²) < 4.78 is 17.5. The molecule has 0 aliphatic heterocycles. The van der Waals surface area contributed by atoms with E-state index in [0.717, 1.165) is 11.1 Å². The van der Waals surface area contributed by atoms with E-state index < -0.39 is 0 Å². The van der Waals surface area contributed by atoms with Crippen LogP contribution < -0.4 is 0 Å². The zero-order valence-electron chi connectivity index (χ0n) is 10.7. The minimum atomic E-state index is -0.384. The van der Waals surface area contributed by atoms with E-state index in [-0.39, 0.29) is 30.4 Å².